The Morgan fingerprint density at radius 1 is 1.50 bits per heavy atom. The fourth-order valence-corrected chi connectivity index (χ4v) is 1.62. The minimum absolute atomic E-state index is 0.727. The predicted molar refractivity (Wildman–Crippen MR) is 46.3 cm³/mol. The third kappa shape index (κ3) is 1.56. The molecule has 0 radical (unpaired) electrons. The van der Waals surface area contributed by atoms with Crippen LogP contribution in [0.15, 0.2) is 21.7 Å². The van der Waals surface area contributed by atoms with Crippen molar-refractivity contribution in [3.63, 3.8) is 0 Å². The van der Waals surface area contributed by atoms with Crippen LogP contribution in [0.3, 0.4) is 0 Å². The highest BCUT2D eigenvalue weighted by atomic mass is 35.5. The van der Waals surface area contributed by atoms with Crippen LogP contribution in [0, 0.1) is 0 Å². The molecule has 2 heteroatoms. The molecule has 0 saturated carbocycles. The van der Waals surface area contributed by atoms with Gasteiger partial charge in [0, 0.05) is 0 Å². The van der Waals surface area contributed by atoms with Crippen molar-refractivity contribution < 1.29 is 0 Å². The average molecular weight is 177 g/mol. The maximum absolute atomic E-state index is 5.91. The first kappa shape index (κ1) is 8.16. The Labute approximate surface area is 71.5 Å². The van der Waals surface area contributed by atoms with Gasteiger partial charge in [0.2, 0.25) is 0 Å². The Kier molecular flexibility index (Phi) is 2.82. The van der Waals surface area contributed by atoms with Gasteiger partial charge in [0.25, 0.3) is 0 Å². The van der Waals surface area contributed by atoms with Crippen LogP contribution < -0.4 is 0 Å². The Hall–Kier alpha value is 0.0600. The van der Waals surface area contributed by atoms with Crippen molar-refractivity contribution in [2.75, 3.05) is 0 Å². The van der Waals surface area contributed by atoms with E-state index in [9.17, 15) is 0 Å². The van der Waals surface area contributed by atoms with E-state index in [0.29, 0.717) is 0 Å². The highest BCUT2D eigenvalue weighted by Gasteiger charge is 2.09. The molecule has 0 aromatic rings. The highest BCUT2D eigenvalue weighted by Crippen LogP contribution is 2.31. The first-order valence-electron chi connectivity index (χ1n) is 3.49. The first-order valence-corrected chi connectivity index (χ1v) is 4.25. The van der Waals surface area contributed by atoms with Gasteiger partial charge in [-0.1, -0.05) is 41.8 Å². The van der Waals surface area contributed by atoms with Crippen LogP contribution in [0.1, 0.15) is 26.2 Å². The zero-order chi connectivity index (χ0) is 7.56. The molecule has 1 aliphatic rings. The number of hydrogen-bond acceptors (Lipinski definition) is 0. The monoisotopic (exact) mass is 176 g/mol. The quantitative estimate of drug-likeness (QED) is 0.571. The maximum Gasteiger partial charge on any atom is 0.0581 e. The van der Waals surface area contributed by atoms with Crippen molar-refractivity contribution in [3.05, 3.63) is 21.7 Å². The lowest BCUT2D eigenvalue weighted by atomic mass is 10.0. The van der Waals surface area contributed by atoms with Crippen LogP contribution in [0.2, 0.25) is 0 Å². The minimum Gasteiger partial charge on any atom is -0.0831 e. The molecule has 1 aliphatic carbocycles. The lowest BCUT2D eigenvalue weighted by molar-refractivity contribution is 0.887. The molecule has 0 aliphatic heterocycles. The van der Waals surface area contributed by atoms with Crippen LogP contribution in [0.5, 0.6) is 0 Å². The SMILES string of the molecule is CCC1=C(Cl)C(Cl)=CCC1. The Bertz CT molecular complexity index is 189. The van der Waals surface area contributed by atoms with E-state index in [2.05, 4.69) is 6.92 Å². The molecule has 0 spiro atoms. The summed E-state index contributed by atoms with van der Waals surface area (Å²) < 4.78 is 0. The molecule has 0 N–H and O–H groups in total. The molecule has 0 saturated heterocycles. The molecule has 0 unspecified atom stereocenters. The molecular weight excluding hydrogens is 167 g/mol. The van der Waals surface area contributed by atoms with Crippen molar-refractivity contribution in [2.24, 2.45) is 0 Å². The molecule has 0 nitrogen and oxygen atoms in total. The van der Waals surface area contributed by atoms with Gasteiger partial charge in [0.1, 0.15) is 0 Å². The van der Waals surface area contributed by atoms with Crippen molar-refractivity contribution in [1.82, 2.24) is 0 Å². The molecule has 0 amide bonds. The standard InChI is InChI=1S/C8H10Cl2/c1-2-6-4-3-5-7(9)8(6)10/h5H,2-4H2,1H3. The van der Waals surface area contributed by atoms with Gasteiger partial charge in [0.05, 0.1) is 10.1 Å². The Morgan fingerprint density at radius 2 is 2.20 bits per heavy atom. The maximum atomic E-state index is 5.91. The van der Waals surface area contributed by atoms with Gasteiger partial charge in [-0.15, -0.1) is 0 Å². The van der Waals surface area contributed by atoms with E-state index in [0.717, 1.165) is 29.3 Å². The molecule has 10 heavy (non-hydrogen) atoms. The van der Waals surface area contributed by atoms with E-state index >= 15 is 0 Å². The van der Waals surface area contributed by atoms with Gasteiger partial charge in [-0.25, -0.2) is 0 Å². The van der Waals surface area contributed by atoms with E-state index in [-0.39, 0.29) is 0 Å². The molecular formula is C8H10Cl2. The summed E-state index contributed by atoms with van der Waals surface area (Å²) in [5.74, 6) is 0. The first-order chi connectivity index (χ1) is 4.75. The summed E-state index contributed by atoms with van der Waals surface area (Å²) in [5.41, 5.74) is 1.29. The fourth-order valence-electron chi connectivity index (χ4n) is 1.07. The molecule has 0 aromatic heterocycles. The smallest absolute Gasteiger partial charge is 0.0581 e. The normalized spacial score (nSPS) is 19.3. The van der Waals surface area contributed by atoms with E-state index in [1.807, 2.05) is 6.08 Å². The lowest BCUT2D eigenvalue weighted by Crippen LogP contribution is -1.91. The zero-order valence-corrected chi connectivity index (χ0v) is 7.47. The van der Waals surface area contributed by atoms with Crippen LogP contribution in [-0.4, -0.2) is 0 Å². The topological polar surface area (TPSA) is 0 Å². The Morgan fingerprint density at radius 3 is 2.70 bits per heavy atom. The van der Waals surface area contributed by atoms with Gasteiger partial charge in [-0.05, 0) is 19.3 Å². The lowest BCUT2D eigenvalue weighted by Gasteiger charge is -2.11. The number of hydrogen-bond donors (Lipinski definition) is 0. The molecule has 0 bridgehead atoms. The van der Waals surface area contributed by atoms with Gasteiger partial charge < -0.3 is 0 Å². The van der Waals surface area contributed by atoms with Crippen LogP contribution in [-0.2, 0) is 0 Å². The van der Waals surface area contributed by atoms with Gasteiger partial charge >= 0.3 is 0 Å². The van der Waals surface area contributed by atoms with Crippen molar-refractivity contribution in [1.29, 1.82) is 0 Å². The summed E-state index contributed by atoms with van der Waals surface area (Å²) >= 11 is 11.7. The van der Waals surface area contributed by atoms with Crippen molar-refractivity contribution in [2.45, 2.75) is 26.2 Å². The fraction of sp³-hybridized carbons (Fsp3) is 0.500. The molecule has 0 aromatic carbocycles. The van der Waals surface area contributed by atoms with Crippen LogP contribution in [0.4, 0.5) is 0 Å². The molecule has 0 heterocycles. The molecule has 1 rings (SSSR count). The largest absolute Gasteiger partial charge is 0.0831 e. The number of halogens is 2. The third-order valence-corrected chi connectivity index (χ3v) is 2.63. The van der Waals surface area contributed by atoms with Crippen LogP contribution >= 0.6 is 23.2 Å². The summed E-state index contributed by atoms with van der Waals surface area (Å²) in [6, 6.07) is 0. The molecule has 0 atom stereocenters. The third-order valence-electron chi connectivity index (χ3n) is 1.72. The summed E-state index contributed by atoms with van der Waals surface area (Å²) in [5, 5.41) is 1.50. The van der Waals surface area contributed by atoms with Crippen LogP contribution in [0.25, 0.3) is 0 Å². The second kappa shape index (κ2) is 3.45. The van der Waals surface area contributed by atoms with Crippen molar-refractivity contribution in [3.8, 4) is 0 Å². The highest BCUT2D eigenvalue weighted by molar-refractivity contribution is 6.44. The van der Waals surface area contributed by atoms with Gasteiger partial charge in [-0.2, -0.15) is 0 Å². The van der Waals surface area contributed by atoms with Gasteiger partial charge in [-0.3, -0.25) is 0 Å². The predicted octanol–water partition coefficient (Wildman–Crippen LogP) is 3.81. The summed E-state index contributed by atoms with van der Waals surface area (Å²) in [6.45, 7) is 2.10. The van der Waals surface area contributed by atoms with E-state index in [4.69, 9.17) is 23.2 Å². The van der Waals surface area contributed by atoms with Crippen molar-refractivity contribution >= 4 is 23.2 Å². The molecule has 0 fully saturated rings. The summed E-state index contributed by atoms with van der Waals surface area (Å²) in [4.78, 5) is 0. The Balaban J connectivity index is 2.85. The number of rotatable bonds is 1. The van der Waals surface area contributed by atoms with Gasteiger partial charge in [0.15, 0.2) is 0 Å². The van der Waals surface area contributed by atoms with E-state index in [1.165, 1.54) is 5.57 Å². The average Bonchev–Trinajstić information content (AvgIpc) is 1.95. The van der Waals surface area contributed by atoms with E-state index in [1.54, 1.807) is 0 Å². The summed E-state index contributed by atoms with van der Waals surface area (Å²) in [6.07, 6.45) is 5.11. The number of allylic oxidation sites excluding steroid dienone is 4. The summed E-state index contributed by atoms with van der Waals surface area (Å²) in [7, 11) is 0. The van der Waals surface area contributed by atoms with E-state index < -0.39 is 0 Å². The second-order valence-electron chi connectivity index (χ2n) is 2.36. The molecule has 56 valence electrons. The second-order valence-corrected chi connectivity index (χ2v) is 3.15. The zero-order valence-electron chi connectivity index (χ0n) is 5.95. The minimum atomic E-state index is 0.727.